The molecule has 1 aromatic rings. The minimum Gasteiger partial charge on any atom is -0.366 e. The summed E-state index contributed by atoms with van der Waals surface area (Å²) < 4.78 is 5.31. The Labute approximate surface area is 121 Å². The molecule has 1 amide bonds. The molecule has 1 fully saturated rings. The van der Waals surface area contributed by atoms with Crippen molar-refractivity contribution in [3.63, 3.8) is 0 Å². The fourth-order valence-electron chi connectivity index (χ4n) is 1.55. The first-order valence-electron chi connectivity index (χ1n) is 5.39. The number of ether oxygens (including phenoxy) is 1. The summed E-state index contributed by atoms with van der Waals surface area (Å²) in [5.74, 6) is -0.259. The molecule has 0 spiro atoms. The molecular weight excluding hydrogens is 291 g/mol. The van der Waals surface area contributed by atoms with Gasteiger partial charge in [-0.2, -0.15) is 5.26 Å². The standard InChI is InChI=1S/C11H11ClN4O2.ClH/c12-8-3-7(5-15-9(8)4-13)16-11(17)10-6-14-1-2-18-10;/h3,5,10,14H,1-2,6H2,(H,16,17);1H. The lowest BCUT2D eigenvalue weighted by Crippen LogP contribution is -2.45. The van der Waals surface area contributed by atoms with E-state index in [0.29, 0.717) is 18.8 Å². The van der Waals surface area contributed by atoms with Crippen LogP contribution in [0.4, 0.5) is 5.69 Å². The lowest BCUT2D eigenvalue weighted by molar-refractivity contribution is -0.128. The number of carbonyl (C=O) groups is 1. The largest absolute Gasteiger partial charge is 0.366 e. The van der Waals surface area contributed by atoms with Gasteiger partial charge in [-0.05, 0) is 6.07 Å². The zero-order valence-electron chi connectivity index (χ0n) is 9.85. The quantitative estimate of drug-likeness (QED) is 0.849. The van der Waals surface area contributed by atoms with Gasteiger partial charge in [0, 0.05) is 13.1 Å². The Morgan fingerprint density at radius 3 is 3.05 bits per heavy atom. The van der Waals surface area contributed by atoms with E-state index >= 15 is 0 Å². The van der Waals surface area contributed by atoms with Crippen LogP contribution in [0.2, 0.25) is 5.02 Å². The highest BCUT2D eigenvalue weighted by molar-refractivity contribution is 6.31. The van der Waals surface area contributed by atoms with Crippen molar-refractivity contribution < 1.29 is 9.53 Å². The second kappa shape index (κ2) is 7.26. The Balaban J connectivity index is 0.00000180. The van der Waals surface area contributed by atoms with E-state index in [2.05, 4.69) is 15.6 Å². The van der Waals surface area contributed by atoms with Gasteiger partial charge in [-0.15, -0.1) is 12.4 Å². The van der Waals surface area contributed by atoms with Crippen LogP contribution in [0.5, 0.6) is 0 Å². The van der Waals surface area contributed by atoms with Gasteiger partial charge in [-0.1, -0.05) is 11.6 Å². The fourth-order valence-corrected chi connectivity index (χ4v) is 1.75. The third-order valence-corrected chi connectivity index (χ3v) is 2.72. The molecule has 0 aromatic carbocycles. The third-order valence-electron chi connectivity index (χ3n) is 2.43. The van der Waals surface area contributed by atoms with Gasteiger partial charge in [-0.3, -0.25) is 4.79 Å². The summed E-state index contributed by atoms with van der Waals surface area (Å²) in [5, 5.41) is 14.6. The molecule has 0 radical (unpaired) electrons. The molecule has 8 heteroatoms. The maximum Gasteiger partial charge on any atom is 0.254 e. The van der Waals surface area contributed by atoms with Crippen LogP contribution < -0.4 is 10.6 Å². The van der Waals surface area contributed by atoms with E-state index < -0.39 is 6.10 Å². The molecule has 0 bridgehead atoms. The van der Waals surface area contributed by atoms with Crippen molar-refractivity contribution in [2.75, 3.05) is 25.0 Å². The predicted molar refractivity (Wildman–Crippen MR) is 72.4 cm³/mol. The predicted octanol–water partition coefficient (Wildman–Crippen LogP) is 0.955. The highest BCUT2D eigenvalue weighted by atomic mass is 35.5. The molecule has 1 aliphatic heterocycles. The van der Waals surface area contributed by atoms with Gasteiger partial charge in [0.2, 0.25) is 0 Å². The van der Waals surface area contributed by atoms with Crippen molar-refractivity contribution in [2.45, 2.75) is 6.10 Å². The smallest absolute Gasteiger partial charge is 0.254 e. The van der Waals surface area contributed by atoms with Gasteiger partial charge in [-0.25, -0.2) is 4.98 Å². The van der Waals surface area contributed by atoms with Crippen LogP contribution in [0.3, 0.4) is 0 Å². The highest BCUT2D eigenvalue weighted by Gasteiger charge is 2.21. The number of halogens is 2. The van der Waals surface area contributed by atoms with Crippen LogP contribution in [0, 0.1) is 11.3 Å². The van der Waals surface area contributed by atoms with Gasteiger partial charge >= 0.3 is 0 Å². The van der Waals surface area contributed by atoms with Crippen LogP contribution >= 0.6 is 24.0 Å². The Morgan fingerprint density at radius 1 is 1.68 bits per heavy atom. The number of aromatic nitrogens is 1. The number of hydrogen-bond acceptors (Lipinski definition) is 5. The number of nitrogens with zero attached hydrogens (tertiary/aromatic N) is 2. The summed E-state index contributed by atoms with van der Waals surface area (Å²) in [6.07, 6.45) is 0.867. The van der Waals surface area contributed by atoms with Gasteiger partial charge < -0.3 is 15.4 Å². The Bertz CT molecular complexity index is 498. The van der Waals surface area contributed by atoms with E-state index in [1.807, 2.05) is 6.07 Å². The summed E-state index contributed by atoms with van der Waals surface area (Å²) in [7, 11) is 0. The summed E-state index contributed by atoms with van der Waals surface area (Å²) in [5.41, 5.74) is 0.573. The van der Waals surface area contributed by atoms with Crippen molar-refractivity contribution in [1.82, 2.24) is 10.3 Å². The molecule has 1 aromatic heterocycles. The van der Waals surface area contributed by atoms with Crippen LogP contribution in [0.1, 0.15) is 5.69 Å². The minimum atomic E-state index is -0.520. The Kier molecular flexibility index (Phi) is 5.99. The van der Waals surface area contributed by atoms with E-state index in [1.165, 1.54) is 12.3 Å². The van der Waals surface area contributed by atoms with Gasteiger partial charge in [0.15, 0.2) is 5.69 Å². The number of rotatable bonds is 2. The average Bonchev–Trinajstić information content (AvgIpc) is 2.40. The van der Waals surface area contributed by atoms with Crippen molar-refractivity contribution in [2.24, 2.45) is 0 Å². The van der Waals surface area contributed by atoms with Gasteiger partial charge in [0.05, 0.1) is 23.5 Å². The number of hydrogen-bond donors (Lipinski definition) is 2. The van der Waals surface area contributed by atoms with E-state index in [0.717, 1.165) is 6.54 Å². The van der Waals surface area contributed by atoms with Crippen LogP contribution in [-0.2, 0) is 9.53 Å². The minimum absolute atomic E-state index is 0. The first-order valence-corrected chi connectivity index (χ1v) is 5.77. The molecule has 1 atom stereocenters. The summed E-state index contributed by atoms with van der Waals surface area (Å²) in [6.45, 7) is 1.72. The monoisotopic (exact) mass is 302 g/mol. The lowest BCUT2D eigenvalue weighted by Gasteiger charge is -2.22. The normalized spacial score (nSPS) is 18.0. The molecule has 0 saturated carbocycles. The van der Waals surface area contributed by atoms with Crippen molar-refractivity contribution >= 4 is 35.6 Å². The summed E-state index contributed by atoms with van der Waals surface area (Å²) >= 11 is 5.82. The molecule has 2 rings (SSSR count). The molecule has 1 unspecified atom stereocenters. The number of carbonyl (C=O) groups excluding carboxylic acids is 1. The van der Waals surface area contributed by atoms with E-state index in [-0.39, 0.29) is 29.0 Å². The number of nitrogens with one attached hydrogen (secondary N) is 2. The Morgan fingerprint density at radius 2 is 2.47 bits per heavy atom. The lowest BCUT2D eigenvalue weighted by atomic mass is 10.2. The van der Waals surface area contributed by atoms with E-state index in [4.69, 9.17) is 21.6 Å². The SMILES string of the molecule is Cl.N#Cc1ncc(NC(=O)C2CNCCO2)cc1Cl. The maximum absolute atomic E-state index is 11.8. The summed E-state index contributed by atoms with van der Waals surface area (Å²) in [6, 6.07) is 3.34. The number of morpholine rings is 1. The van der Waals surface area contributed by atoms with Crippen LogP contribution in [0.15, 0.2) is 12.3 Å². The Hall–Kier alpha value is -1.39. The number of pyridine rings is 1. The van der Waals surface area contributed by atoms with E-state index in [9.17, 15) is 4.79 Å². The zero-order valence-corrected chi connectivity index (χ0v) is 11.4. The molecule has 0 aliphatic carbocycles. The van der Waals surface area contributed by atoms with E-state index in [1.54, 1.807) is 0 Å². The van der Waals surface area contributed by atoms with Crippen molar-refractivity contribution in [1.29, 1.82) is 5.26 Å². The number of amides is 1. The molecule has 6 nitrogen and oxygen atoms in total. The maximum atomic E-state index is 11.8. The second-order valence-corrected chi connectivity index (χ2v) is 4.13. The fraction of sp³-hybridized carbons (Fsp3) is 0.364. The number of nitriles is 1. The molecule has 1 saturated heterocycles. The average molecular weight is 303 g/mol. The van der Waals surface area contributed by atoms with Gasteiger partial charge in [0.25, 0.3) is 5.91 Å². The molecular formula is C11H12Cl2N4O2. The first kappa shape index (κ1) is 15.7. The highest BCUT2D eigenvalue weighted by Crippen LogP contribution is 2.18. The zero-order chi connectivity index (χ0) is 13.0. The topological polar surface area (TPSA) is 87.0 Å². The van der Waals surface area contributed by atoms with Gasteiger partial charge in [0.1, 0.15) is 12.2 Å². The molecule has 1 aliphatic rings. The molecule has 2 heterocycles. The molecule has 102 valence electrons. The molecule has 19 heavy (non-hydrogen) atoms. The first-order chi connectivity index (χ1) is 8.70. The summed E-state index contributed by atoms with van der Waals surface area (Å²) in [4.78, 5) is 15.7. The number of anilines is 1. The van der Waals surface area contributed by atoms with Crippen LogP contribution in [-0.4, -0.2) is 36.7 Å². The second-order valence-electron chi connectivity index (χ2n) is 3.72. The van der Waals surface area contributed by atoms with Crippen LogP contribution in [0.25, 0.3) is 0 Å². The van der Waals surface area contributed by atoms with Crippen molar-refractivity contribution in [3.8, 4) is 6.07 Å². The van der Waals surface area contributed by atoms with Crippen molar-refractivity contribution in [3.05, 3.63) is 23.0 Å². The molecule has 2 N–H and O–H groups in total. The third kappa shape index (κ3) is 4.04.